The molecule has 0 fully saturated rings. The van der Waals surface area contributed by atoms with E-state index in [1.54, 1.807) is 0 Å². The molecule has 0 radical (unpaired) electrons. The second kappa shape index (κ2) is 9.58. The molecule has 0 atom stereocenters. The Hall–Kier alpha value is -5.40. The maximum atomic E-state index is 2.51. The van der Waals surface area contributed by atoms with Crippen LogP contribution in [0.25, 0.3) is 82.1 Å². The van der Waals surface area contributed by atoms with Crippen LogP contribution in [0.15, 0.2) is 152 Å². The molecule has 1 aliphatic carbocycles. The lowest BCUT2D eigenvalue weighted by Gasteiger charge is -2.17. The van der Waals surface area contributed by atoms with Crippen molar-refractivity contribution in [3.63, 3.8) is 0 Å². The molecule has 1 aromatic heterocycles. The summed E-state index contributed by atoms with van der Waals surface area (Å²) < 4.78 is 2.51. The summed E-state index contributed by atoms with van der Waals surface area (Å²) in [5.74, 6) is 0. The van der Waals surface area contributed by atoms with E-state index in [1.165, 1.54) is 82.1 Å². The minimum atomic E-state index is 1.07. The predicted molar refractivity (Wildman–Crippen MR) is 185 cm³/mol. The molecule has 1 aliphatic rings. The summed E-state index contributed by atoms with van der Waals surface area (Å²) in [7, 11) is 0. The molecule has 0 amide bonds. The summed E-state index contributed by atoms with van der Waals surface area (Å²) in [6, 6.07) is 49.1. The van der Waals surface area contributed by atoms with Gasteiger partial charge in [0.1, 0.15) is 0 Å². The highest BCUT2D eigenvalue weighted by Gasteiger charge is 2.22. The Bertz CT molecular complexity index is 2440. The number of nitrogens with zero attached hydrogens (tertiary/aromatic N) is 1. The van der Waals surface area contributed by atoms with Gasteiger partial charge in [0.2, 0.25) is 0 Å². The van der Waals surface area contributed by atoms with Crippen LogP contribution in [0, 0.1) is 0 Å². The summed E-state index contributed by atoms with van der Waals surface area (Å²) in [5, 5.41) is 10.4. The van der Waals surface area contributed by atoms with Gasteiger partial charge in [-0.05, 0) is 80.9 Å². The molecule has 0 spiro atoms. The number of benzene rings is 7. The van der Waals surface area contributed by atoms with Crippen molar-refractivity contribution < 1.29 is 0 Å². The number of aromatic nitrogens is 1. The second-order valence-electron chi connectivity index (χ2n) is 11.6. The topological polar surface area (TPSA) is 4.93 Å². The molecule has 0 saturated heterocycles. The minimum Gasteiger partial charge on any atom is -0.309 e. The van der Waals surface area contributed by atoms with Crippen LogP contribution >= 0.6 is 0 Å². The molecule has 43 heavy (non-hydrogen) atoms. The normalized spacial score (nSPS) is 13.4. The molecule has 0 unspecified atom stereocenters. The Kier molecular flexibility index (Phi) is 5.39. The van der Waals surface area contributed by atoms with Crippen LogP contribution in [0.5, 0.6) is 0 Å². The highest BCUT2D eigenvalue weighted by molar-refractivity contribution is 6.38. The third kappa shape index (κ3) is 3.65. The van der Waals surface area contributed by atoms with E-state index < -0.39 is 0 Å². The van der Waals surface area contributed by atoms with Crippen LogP contribution in [-0.4, -0.2) is 4.57 Å². The van der Waals surface area contributed by atoms with Crippen LogP contribution in [0.3, 0.4) is 0 Å². The number of rotatable bonds is 3. The maximum absolute atomic E-state index is 2.51. The van der Waals surface area contributed by atoms with Crippen LogP contribution < -0.4 is 0 Å². The van der Waals surface area contributed by atoms with Gasteiger partial charge in [-0.2, -0.15) is 0 Å². The van der Waals surface area contributed by atoms with Crippen molar-refractivity contribution in [3.05, 3.63) is 152 Å². The zero-order chi connectivity index (χ0) is 28.3. The molecular weight excluding hydrogens is 518 g/mol. The molecule has 8 aromatic rings. The fourth-order valence-electron chi connectivity index (χ4n) is 7.30. The first-order valence-corrected chi connectivity index (χ1v) is 15.2. The van der Waals surface area contributed by atoms with Gasteiger partial charge in [-0.1, -0.05) is 127 Å². The number of hydrogen-bond acceptors (Lipinski definition) is 0. The van der Waals surface area contributed by atoms with E-state index in [2.05, 4.69) is 156 Å². The summed E-state index contributed by atoms with van der Waals surface area (Å²) >= 11 is 0. The maximum Gasteiger partial charge on any atom is 0.0626 e. The molecule has 1 nitrogen and oxygen atoms in total. The average Bonchev–Trinajstić information content (AvgIpc) is 3.44. The van der Waals surface area contributed by atoms with Gasteiger partial charge in [0.05, 0.1) is 11.0 Å². The van der Waals surface area contributed by atoms with E-state index in [0.717, 1.165) is 12.8 Å². The molecule has 0 aliphatic heterocycles. The van der Waals surface area contributed by atoms with Gasteiger partial charge < -0.3 is 4.57 Å². The molecule has 7 aromatic carbocycles. The number of fused-ring (bicyclic) bond motifs is 10. The molecule has 0 N–H and O–H groups in total. The van der Waals surface area contributed by atoms with E-state index in [1.807, 2.05) is 0 Å². The number of para-hydroxylation sites is 1. The Balaban J connectivity index is 1.47. The van der Waals surface area contributed by atoms with Crippen LogP contribution in [0.4, 0.5) is 0 Å². The fraction of sp³-hybridized carbons (Fsp3) is 0.0476. The van der Waals surface area contributed by atoms with E-state index in [4.69, 9.17) is 0 Å². The number of allylic oxidation sites excluding steroid dienone is 4. The largest absolute Gasteiger partial charge is 0.309 e. The van der Waals surface area contributed by atoms with Gasteiger partial charge in [-0.15, -0.1) is 0 Å². The zero-order valence-electron chi connectivity index (χ0n) is 23.8. The number of hydrogen-bond donors (Lipinski definition) is 0. The van der Waals surface area contributed by atoms with Crippen LogP contribution in [0.2, 0.25) is 0 Å². The standard InChI is InChI=1S/C42H29N/c1-3-14-28(15-4-1)29-16-13-17-30(26-29)37-27-38-33-21-8-10-23-35(33)42-41(40(38)34-22-9-7-20-32(34)37)36-24-11-12-25-39(36)43(42)31-18-5-2-6-19-31/h1,3-5,7-27H,2,6H2. The van der Waals surface area contributed by atoms with Crippen molar-refractivity contribution in [2.45, 2.75) is 12.8 Å². The monoisotopic (exact) mass is 547 g/mol. The van der Waals surface area contributed by atoms with Crippen molar-refractivity contribution in [3.8, 4) is 22.3 Å². The van der Waals surface area contributed by atoms with E-state index in [0.29, 0.717) is 0 Å². The zero-order valence-corrected chi connectivity index (χ0v) is 23.8. The van der Waals surface area contributed by atoms with Gasteiger partial charge in [-0.25, -0.2) is 0 Å². The summed E-state index contributed by atoms with van der Waals surface area (Å²) in [5.41, 5.74) is 8.80. The first-order valence-electron chi connectivity index (χ1n) is 15.2. The summed E-state index contributed by atoms with van der Waals surface area (Å²) in [6.07, 6.45) is 9.17. The molecule has 0 saturated carbocycles. The van der Waals surface area contributed by atoms with Gasteiger partial charge in [0.25, 0.3) is 0 Å². The predicted octanol–water partition coefficient (Wildman–Crippen LogP) is 11.8. The summed E-state index contributed by atoms with van der Waals surface area (Å²) in [4.78, 5) is 0. The lowest BCUT2D eigenvalue weighted by molar-refractivity contribution is 1.02. The fourth-order valence-corrected chi connectivity index (χ4v) is 7.30. The third-order valence-corrected chi connectivity index (χ3v) is 9.16. The lowest BCUT2D eigenvalue weighted by atomic mass is 9.88. The Morgan fingerprint density at radius 1 is 0.442 bits per heavy atom. The molecule has 0 bridgehead atoms. The lowest BCUT2D eigenvalue weighted by Crippen LogP contribution is -1.98. The Morgan fingerprint density at radius 2 is 1.12 bits per heavy atom. The van der Waals surface area contributed by atoms with Crippen molar-refractivity contribution in [2.75, 3.05) is 0 Å². The van der Waals surface area contributed by atoms with Crippen molar-refractivity contribution in [1.82, 2.24) is 4.57 Å². The van der Waals surface area contributed by atoms with Crippen LogP contribution in [0.1, 0.15) is 12.8 Å². The Morgan fingerprint density at radius 3 is 1.93 bits per heavy atom. The molecule has 1 heterocycles. The van der Waals surface area contributed by atoms with Gasteiger partial charge in [-0.3, -0.25) is 0 Å². The molecule has 1 heteroatoms. The quantitative estimate of drug-likeness (QED) is 0.194. The minimum absolute atomic E-state index is 1.07. The molecular formula is C42H29N. The van der Waals surface area contributed by atoms with Crippen LogP contribution in [-0.2, 0) is 0 Å². The highest BCUT2D eigenvalue weighted by atomic mass is 15.0. The molecule has 202 valence electrons. The second-order valence-corrected chi connectivity index (χ2v) is 11.6. The van der Waals surface area contributed by atoms with Crippen molar-refractivity contribution >= 4 is 59.8 Å². The SMILES string of the molecule is C1=CC(n2c3ccccc3c3c4c5ccccc5c(-c5cccc(-c6ccccc6)c5)cc4c4ccccc4c32)=CCC1. The van der Waals surface area contributed by atoms with Crippen molar-refractivity contribution in [2.24, 2.45) is 0 Å². The first kappa shape index (κ1) is 24.2. The third-order valence-electron chi connectivity index (χ3n) is 9.16. The van der Waals surface area contributed by atoms with E-state index in [-0.39, 0.29) is 0 Å². The first-order chi connectivity index (χ1) is 21.4. The van der Waals surface area contributed by atoms with Gasteiger partial charge >= 0.3 is 0 Å². The molecule has 9 rings (SSSR count). The van der Waals surface area contributed by atoms with Crippen molar-refractivity contribution in [1.29, 1.82) is 0 Å². The summed E-state index contributed by atoms with van der Waals surface area (Å²) in [6.45, 7) is 0. The van der Waals surface area contributed by atoms with E-state index in [9.17, 15) is 0 Å². The highest BCUT2D eigenvalue weighted by Crippen LogP contribution is 2.47. The van der Waals surface area contributed by atoms with Gasteiger partial charge in [0, 0.05) is 27.2 Å². The average molecular weight is 548 g/mol. The Labute approximate surface area is 250 Å². The smallest absolute Gasteiger partial charge is 0.0626 e. The van der Waals surface area contributed by atoms with Gasteiger partial charge in [0.15, 0.2) is 0 Å². The van der Waals surface area contributed by atoms with E-state index >= 15 is 0 Å².